The Bertz CT molecular complexity index is 1120. The third-order valence-corrected chi connectivity index (χ3v) is 4.74. The van der Waals surface area contributed by atoms with Gasteiger partial charge in [0.05, 0.1) is 16.3 Å². The van der Waals surface area contributed by atoms with Gasteiger partial charge in [-0.25, -0.2) is 0 Å². The molecule has 26 heavy (non-hydrogen) atoms. The average Bonchev–Trinajstić information content (AvgIpc) is 2.96. The lowest BCUT2D eigenvalue weighted by Crippen LogP contribution is -2.20. The first-order valence-corrected chi connectivity index (χ1v) is 8.68. The van der Waals surface area contributed by atoms with Gasteiger partial charge in [0.1, 0.15) is 0 Å². The van der Waals surface area contributed by atoms with Crippen molar-refractivity contribution >= 4 is 29.3 Å². The van der Waals surface area contributed by atoms with Gasteiger partial charge in [0.25, 0.3) is 5.56 Å². The summed E-state index contributed by atoms with van der Waals surface area (Å²) in [6, 6.07) is 12.1. The minimum absolute atomic E-state index is 0.0301. The normalized spacial score (nSPS) is 12.4. The summed E-state index contributed by atoms with van der Waals surface area (Å²) in [6.45, 7) is 1.95. The zero-order valence-electron chi connectivity index (χ0n) is 14.3. The van der Waals surface area contributed by atoms with Gasteiger partial charge in [-0.15, -0.1) is 11.3 Å². The van der Waals surface area contributed by atoms with Crippen molar-refractivity contribution in [3.8, 4) is 11.5 Å². The van der Waals surface area contributed by atoms with Crippen LogP contribution in [0.4, 0.5) is 0 Å². The van der Waals surface area contributed by atoms with Gasteiger partial charge in [-0.1, -0.05) is 35.9 Å². The predicted octanol–water partition coefficient (Wildman–Crippen LogP) is 1.95. The molecule has 0 atom stereocenters. The molecule has 0 bridgehead atoms. The molecule has 3 aromatic rings. The number of hydrogen-bond acceptors (Lipinski definition) is 5. The lowest BCUT2D eigenvalue weighted by molar-refractivity contribution is 0.106. The first-order valence-electron chi connectivity index (χ1n) is 7.87. The number of carbonyl (C=O) groups is 1. The summed E-state index contributed by atoms with van der Waals surface area (Å²) >= 11 is 1.19. The Morgan fingerprint density at radius 2 is 1.92 bits per heavy atom. The molecular formula is C20H17NO4S. The van der Waals surface area contributed by atoms with E-state index >= 15 is 0 Å². The highest BCUT2D eigenvalue weighted by Crippen LogP contribution is 2.26. The van der Waals surface area contributed by atoms with Crippen molar-refractivity contribution in [3.63, 3.8) is 0 Å². The van der Waals surface area contributed by atoms with Gasteiger partial charge in [0.15, 0.2) is 17.3 Å². The van der Waals surface area contributed by atoms with E-state index in [1.165, 1.54) is 30.6 Å². The summed E-state index contributed by atoms with van der Waals surface area (Å²) < 4.78 is 6.01. The fraction of sp³-hybridized carbons (Fsp3) is 0.100. The van der Waals surface area contributed by atoms with Crippen LogP contribution in [-0.4, -0.2) is 23.0 Å². The number of aromatic nitrogens is 1. The average molecular weight is 367 g/mol. The number of aromatic hydroxyl groups is 1. The number of aryl methyl sites for hydroxylation is 1. The van der Waals surface area contributed by atoms with Gasteiger partial charge in [0, 0.05) is 11.6 Å². The molecule has 0 fully saturated rings. The highest BCUT2D eigenvalue weighted by Gasteiger charge is 2.04. The highest BCUT2D eigenvalue weighted by molar-refractivity contribution is 7.07. The molecule has 0 radical (unpaired) electrons. The number of rotatable bonds is 4. The maximum atomic E-state index is 12.3. The molecular weight excluding hydrogens is 350 g/mol. The smallest absolute Gasteiger partial charge is 0.266 e. The topological polar surface area (TPSA) is 79.4 Å². The molecule has 5 nitrogen and oxygen atoms in total. The van der Waals surface area contributed by atoms with Crippen LogP contribution in [0.1, 0.15) is 21.5 Å². The lowest BCUT2D eigenvalue weighted by atomic mass is 10.1. The summed E-state index contributed by atoms with van der Waals surface area (Å²) in [4.78, 5) is 27.1. The van der Waals surface area contributed by atoms with Gasteiger partial charge in [-0.05, 0) is 30.7 Å². The Kier molecular flexibility index (Phi) is 5.04. The number of aromatic amines is 1. The third kappa shape index (κ3) is 3.92. The third-order valence-electron chi connectivity index (χ3n) is 3.78. The Balaban J connectivity index is 1.97. The molecule has 0 unspecified atom stereocenters. The van der Waals surface area contributed by atoms with Crippen LogP contribution in [0.2, 0.25) is 0 Å². The van der Waals surface area contributed by atoms with Crippen LogP contribution >= 0.6 is 11.3 Å². The number of ether oxygens (including phenoxy) is 1. The Morgan fingerprint density at radius 1 is 1.19 bits per heavy atom. The number of benzene rings is 2. The van der Waals surface area contributed by atoms with Crippen LogP contribution in [0.15, 0.2) is 47.3 Å². The van der Waals surface area contributed by atoms with E-state index in [0.717, 1.165) is 5.56 Å². The van der Waals surface area contributed by atoms with E-state index in [1.54, 1.807) is 30.3 Å². The van der Waals surface area contributed by atoms with E-state index in [2.05, 4.69) is 4.98 Å². The van der Waals surface area contributed by atoms with Crippen LogP contribution in [0.3, 0.4) is 0 Å². The zero-order chi connectivity index (χ0) is 18.7. The lowest BCUT2D eigenvalue weighted by Gasteiger charge is -2.03. The standard InChI is InChI=1S/C20H17NO4S/c1-12-3-6-14(7-4-12)16(23)11-19-21-20(24)18(26-19)10-13-5-8-15(22)17(9-13)25-2/h3-11,22H,1-2H3,(H,21,24). The zero-order valence-corrected chi connectivity index (χ0v) is 15.1. The molecule has 1 aromatic heterocycles. The van der Waals surface area contributed by atoms with Crippen molar-refractivity contribution in [1.82, 2.24) is 4.98 Å². The molecule has 3 rings (SSSR count). The SMILES string of the molecule is COc1cc(C=c2sc(=CC(=O)c3ccc(C)cc3)[nH]c2=O)ccc1O. The Hall–Kier alpha value is -3.12. The maximum Gasteiger partial charge on any atom is 0.266 e. The predicted molar refractivity (Wildman–Crippen MR) is 102 cm³/mol. The number of thiazole rings is 1. The number of phenolic OH excluding ortho intramolecular Hbond substituents is 1. The molecule has 0 aliphatic carbocycles. The van der Waals surface area contributed by atoms with Crippen LogP contribution in [0.5, 0.6) is 11.5 Å². The van der Waals surface area contributed by atoms with Crippen molar-refractivity contribution < 1.29 is 14.6 Å². The molecule has 0 amide bonds. The van der Waals surface area contributed by atoms with Crippen molar-refractivity contribution in [3.05, 3.63) is 78.7 Å². The molecule has 0 saturated carbocycles. The highest BCUT2D eigenvalue weighted by atomic mass is 32.1. The number of hydrogen-bond donors (Lipinski definition) is 2. The fourth-order valence-electron chi connectivity index (χ4n) is 2.38. The molecule has 0 spiro atoms. The van der Waals surface area contributed by atoms with Gasteiger partial charge in [-0.2, -0.15) is 0 Å². The van der Waals surface area contributed by atoms with E-state index in [4.69, 9.17) is 4.74 Å². The maximum absolute atomic E-state index is 12.3. The summed E-state index contributed by atoms with van der Waals surface area (Å²) in [7, 11) is 1.46. The monoisotopic (exact) mass is 367 g/mol. The minimum atomic E-state index is -0.273. The van der Waals surface area contributed by atoms with Crippen LogP contribution in [0.25, 0.3) is 12.2 Å². The number of H-pyrrole nitrogens is 1. The number of ketones is 1. The second-order valence-corrected chi connectivity index (χ2v) is 6.82. The van der Waals surface area contributed by atoms with E-state index in [0.29, 0.717) is 26.1 Å². The molecule has 2 aromatic carbocycles. The number of carbonyl (C=O) groups excluding carboxylic acids is 1. The summed E-state index contributed by atoms with van der Waals surface area (Å²) in [6.07, 6.45) is 3.10. The Labute approximate surface area is 153 Å². The molecule has 0 aliphatic rings. The van der Waals surface area contributed by atoms with Crippen LogP contribution in [-0.2, 0) is 0 Å². The van der Waals surface area contributed by atoms with Crippen LogP contribution < -0.4 is 19.5 Å². The second kappa shape index (κ2) is 7.41. The van der Waals surface area contributed by atoms with Gasteiger partial charge < -0.3 is 14.8 Å². The molecule has 0 aliphatic heterocycles. The van der Waals surface area contributed by atoms with E-state index < -0.39 is 0 Å². The molecule has 2 N–H and O–H groups in total. The van der Waals surface area contributed by atoms with Gasteiger partial charge in [0.2, 0.25) is 0 Å². The van der Waals surface area contributed by atoms with Crippen molar-refractivity contribution in [2.45, 2.75) is 6.92 Å². The molecule has 132 valence electrons. The van der Waals surface area contributed by atoms with E-state index in [9.17, 15) is 14.7 Å². The van der Waals surface area contributed by atoms with Crippen molar-refractivity contribution in [2.75, 3.05) is 7.11 Å². The number of phenols is 1. The number of nitrogens with one attached hydrogen (secondary N) is 1. The van der Waals surface area contributed by atoms with Gasteiger partial charge in [-0.3, -0.25) is 9.59 Å². The van der Waals surface area contributed by atoms with E-state index in [-0.39, 0.29) is 17.1 Å². The molecule has 1 heterocycles. The first-order chi connectivity index (χ1) is 12.5. The number of Topliss-reactive ketones (excluding diaryl/α,β-unsaturated/α-hetero) is 1. The molecule has 6 heteroatoms. The minimum Gasteiger partial charge on any atom is -0.504 e. The summed E-state index contributed by atoms with van der Waals surface area (Å²) in [5.74, 6) is 0.191. The van der Waals surface area contributed by atoms with Crippen molar-refractivity contribution in [2.24, 2.45) is 0 Å². The summed E-state index contributed by atoms with van der Waals surface area (Å²) in [5.41, 5.74) is 2.08. The first kappa shape index (κ1) is 17.7. The Morgan fingerprint density at radius 3 is 2.62 bits per heavy atom. The summed E-state index contributed by atoms with van der Waals surface area (Å²) in [5, 5.41) is 9.64. The fourth-order valence-corrected chi connectivity index (χ4v) is 3.27. The number of methoxy groups -OCH3 is 1. The molecule has 0 saturated heterocycles. The second-order valence-electron chi connectivity index (χ2n) is 5.73. The van der Waals surface area contributed by atoms with Crippen LogP contribution in [0, 0.1) is 6.92 Å². The quantitative estimate of drug-likeness (QED) is 0.691. The largest absolute Gasteiger partial charge is 0.504 e. The van der Waals surface area contributed by atoms with E-state index in [1.807, 2.05) is 19.1 Å². The van der Waals surface area contributed by atoms with Crippen molar-refractivity contribution in [1.29, 1.82) is 0 Å². The van der Waals surface area contributed by atoms with Gasteiger partial charge >= 0.3 is 0 Å².